The van der Waals surface area contributed by atoms with Crippen LogP contribution in [0.1, 0.15) is 31.2 Å². The molecule has 0 spiro atoms. The van der Waals surface area contributed by atoms with E-state index < -0.39 is 25.9 Å². The second kappa shape index (κ2) is 8.18. The van der Waals surface area contributed by atoms with Crippen molar-refractivity contribution < 1.29 is 21.2 Å². The summed E-state index contributed by atoms with van der Waals surface area (Å²) in [6.07, 6.45) is 3.73. The Kier molecular flexibility index (Phi) is 6.07. The number of aryl methyl sites for hydroxylation is 1. The maximum absolute atomic E-state index is 13.4. The standard InChI is InChI=1S/C19H23FN2O4S2/c1-15-14-18(10-11-19(15)20)27(23,24)21-16-6-8-17(9-7-16)28(25,26)22-12-4-2-3-5-13-22/h6-11,14,21H,2-5,12-13H2,1H3. The maximum Gasteiger partial charge on any atom is 0.261 e. The third-order valence-corrected chi connectivity index (χ3v) is 8.04. The van der Waals surface area contributed by atoms with E-state index in [-0.39, 0.29) is 21.0 Å². The highest BCUT2D eigenvalue weighted by molar-refractivity contribution is 7.92. The molecule has 0 bridgehead atoms. The van der Waals surface area contributed by atoms with Gasteiger partial charge in [0.15, 0.2) is 0 Å². The molecule has 0 aromatic heterocycles. The van der Waals surface area contributed by atoms with E-state index in [0.29, 0.717) is 13.1 Å². The van der Waals surface area contributed by atoms with Crippen molar-refractivity contribution in [3.63, 3.8) is 0 Å². The van der Waals surface area contributed by atoms with Crippen LogP contribution in [0.15, 0.2) is 52.3 Å². The molecule has 0 radical (unpaired) electrons. The summed E-state index contributed by atoms with van der Waals surface area (Å²) in [5, 5.41) is 0. The molecule has 0 atom stereocenters. The zero-order valence-electron chi connectivity index (χ0n) is 15.6. The number of sulfonamides is 2. The van der Waals surface area contributed by atoms with Crippen LogP contribution in [0, 0.1) is 12.7 Å². The molecule has 28 heavy (non-hydrogen) atoms. The first-order valence-electron chi connectivity index (χ1n) is 9.09. The summed E-state index contributed by atoms with van der Waals surface area (Å²) in [5.74, 6) is -0.484. The number of hydrogen-bond donors (Lipinski definition) is 1. The van der Waals surface area contributed by atoms with Gasteiger partial charge in [0.1, 0.15) is 5.82 Å². The SMILES string of the molecule is Cc1cc(S(=O)(=O)Nc2ccc(S(=O)(=O)N3CCCCCC3)cc2)ccc1F. The van der Waals surface area contributed by atoms with E-state index in [0.717, 1.165) is 31.7 Å². The van der Waals surface area contributed by atoms with E-state index in [9.17, 15) is 21.2 Å². The largest absolute Gasteiger partial charge is 0.280 e. The van der Waals surface area contributed by atoms with E-state index in [4.69, 9.17) is 0 Å². The molecule has 0 amide bonds. The summed E-state index contributed by atoms with van der Waals surface area (Å²) in [4.78, 5) is 0.0719. The molecule has 1 aliphatic rings. The predicted octanol–water partition coefficient (Wildman–Crippen LogP) is 3.50. The summed E-state index contributed by atoms with van der Waals surface area (Å²) >= 11 is 0. The molecule has 2 aromatic rings. The Bertz CT molecular complexity index is 1040. The van der Waals surface area contributed by atoms with Gasteiger partial charge >= 0.3 is 0 Å². The molecule has 0 aliphatic carbocycles. The molecular formula is C19H23FN2O4S2. The van der Waals surface area contributed by atoms with Gasteiger partial charge in [-0.1, -0.05) is 12.8 Å². The van der Waals surface area contributed by atoms with Gasteiger partial charge in [0, 0.05) is 18.8 Å². The third-order valence-electron chi connectivity index (χ3n) is 4.75. The molecule has 1 saturated heterocycles. The molecule has 2 aromatic carbocycles. The minimum absolute atomic E-state index is 0.0623. The Morgan fingerprint density at radius 2 is 1.43 bits per heavy atom. The molecule has 9 heteroatoms. The van der Waals surface area contributed by atoms with Crippen molar-refractivity contribution in [2.24, 2.45) is 0 Å². The Morgan fingerprint density at radius 3 is 2.00 bits per heavy atom. The van der Waals surface area contributed by atoms with Crippen molar-refractivity contribution >= 4 is 25.7 Å². The first-order valence-corrected chi connectivity index (χ1v) is 12.0. The normalized spacial score (nSPS) is 16.5. The van der Waals surface area contributed by atoms with Crippen LogP contribution < -0.4 is 4.72 Å². The molecule has 0 saturated carbocycles. The number of anilines is 1. The Labute approximate surface area is 165 Å². The van der Waals surface area contributed by atoms with Gasteiger partial charge in [-0.15, -0.1) is 0 Å². The van der Waals surface area contributed by atoms with Crippen molar-refractivity contribution in [2.75, 3.05) is 17.8 Å². The molecule has 1 N–H and O–H groups in total. The van der Waals surface area contributed by atoms with Crippen LogP contribution in [0.3, 0.4) is 0 Å². The minimum atomic E-state index is -3.90. The van der Waals surface area contributed by atoms with Gasteiger partial charge in [0.05, 0.1) is 9.79 Å². The van der Waals surface area contributed by atoms with Gasteiger partial charge in [-0.3, -0.25) is 4.72 Å². The topological polar surface area (TPSA) is 83.5 Å². The predicted molar refractivity (Wildman–Crippen MR) is 106 cm³/mol. The van der Waals surface area contributed by atoms with Gasteiger partial charge in [0.25, 0.3) is 10.0 Å². The third kappa shape index (κ3) is 4.53. The van der Waals surface area contributed by atoms with Crippen LogP contribution >= 0.6 is 0 Å². The number of nitrogens with zero attached hydrogens (tertiary/aromatic N) is 1. The molecule has 152 valence electrons. The quantitative estimate of drug-likeness (QED) is 0.793. The van der Waals surface area contributed by atoms with Crippen molar-refractivity contribution in [3.8, 4) is 0 Å². The highest BCUT2D eigenvalue weighted by atomic mass is 32.2. The van der Waals surface area contributed by atoms with E-state index in [2.05, 4.69) is 4.72 Å². The molecule has 1 fully saturated rings. The lowest BCUT2D eigenvalue weighted by Crippen LogP contribution is -2.31. The van der Waals surface area contributed by atoms with Crippen molar-refractivity contribution in [1.82, 2.24) is 4.31 Å². The number of benzene rings is 2. The summed E-state index contributed by atoms with van der Waals surface area (Å²) in [5.41, 5.74) is 0.457. The van der Waals surface area contributed by atoms with Crippen LogP contribution in [0.4, 0.5) is 10.1 Å². The molecule has 1 aliphatic heterocycles. The second-order valence-electron chi connectivity index (χ2n) is 6.86. The number of nitrogens with one attached hydrogen (secondary N) is 1. The van der Waals surface area contributed by atoms with Crippen LogP contribution in [0.5, 0.6) is 0 Å². The van der Waals surface area contributed by atoms with Gasteiger partial charge in [-0.2, -0.15) is 4.31 Å². The fourth-order valence-electron chi connectivity index (χ4n) is 3.12. The second-order valence-corrected chi connectivity index (χ2v) is 10.5. The summed E-state index contributed by atoms with van der Waals surface area (Å²) < 4.78 is 67.8. The monoisotopic (exact) mass is 426 g/mol. The Balaban J connectivity index is 1.79. The van der Waals surface area contributed by atoms with E-state index in [1.165, 1.54) is 47.6 Å². The average Bonchev–Trinajstić information content (AvgIpc) is 2.94. The molecule has 6 nitrogen and oxygen atoms in total. The van der Waals surface area contributed by atoms with Gasteiger partial charge < -0.3 is 0 Å². The number of rotatable bonds is 5. The summed E-state index contributed by atoms with van der Waals surface area (Å²) in [6.45, 7) is 2.48. The van der Waals surface area contributed by atoms with Crippen molar-refractivity contribution in [1.29, 1.82) is 0 Å². The number of halogens is 1. The van der Waals surface area contributed by atoms with Crippen LogP contribution in [0.25, 0.3) is 0 Å². The van der Waals surface area contributed by atoms with Gasteiger partial charge in [-0.25, -0.2) is 21.2 Å². The van der Waals surface area contributed by atoms with Crippen LogP contribution in [-0.2, 0) is 20.0 Å². The van der Waals surface area contributed by atoms with Crippen LogP contribution in [-0.4, -0.2) is 34.2 Å². The zero-order valence-corrected chi connectivity index (χ0v) is 17.2. The molecular weight excluding hydrogens is 403 g/mol. The molecule has 3 rings (SSSR count). The zero-order chi connectivity index (χ0) is 20.4. The lowest BCUT2D eigenvalue weighted by molar-refractivity contribution is 0.424. The maximum atomic E-state index is 13.4. The average molecular weight is 427 g/mol. The van der Waals surface area contributed by atoms with E-state index in [1.807, 2.05) is 0 Å². The van der Waals surface area contributed by atoms with Crippen LogP contribution in [0.2, 0.25) is 0 Å². The highest BCUT2D eigenvalue weighted by Crippen LogP contribution is 2.23. The first-order chi connectivity index (χ1) is 13.2. The smallest absolute Gasteiger partial charge is 0.261 e. The summed E-state index contributed by atoms with van der Waals surface area (Å²) in [6, 6.07) is 9.15. The fraction of sp³-hybridized carbons (Fsp3) is 0.368. The Hall–Kier alpha value is -1.97. The lowest BCUT2D eigenvalue weighted by atomic mass is 10.2. The Morgan fingerprint density at radius 1 is 0.857 bits per heavy atom. The first kappa shape index (κ1) is 20.8. The fourth-order valence-corrected chi connectivity index (χ4v) is 5.78. The molecule has 1 heterocycles. The summed E-state index contributed by atoms with van der Waals surface area (Å²) in [7, 11) is -7.50. The number of hydrogen-bond acceptors (Lipinski definition) is 4. The van der Waals surface area contributed by atoms with E-state index >= 15 is 0 Å². The highest BCUT2D eigenvalue weighted by Gasteiger charge is 2.25. The minimum Gasteiger partial charge on any atom is -0.280 e. The van der Waals surface area contributed by atoms with Crippen molar-refractivity contribution in [2.45, 2.75) is 42.4 Å². The lowest BCUT2D eigenvalue weighted by Gasteiger charge is -2.20. The van der Waals surface area contributed by atoms with Gasteiger partial charge in [0.2, 0.25) is 10.0 Å². The van der Waals surface area contributed by atoms with E-state index in [1.54, 1.807) is 0 Å². The van der Waals surface area contributed by atoms with Gasteiger partial charge in [-0.05, 0) is 67.8 Å². The molecule has 0 unspecified atom stereocenters. The van der Waals surface area contributed by atoms with Crippen molar-refractivity contribution in [3.05, 3.63) is 53.8 Å².